The van der Waals surface area contributed by atoms with Gasteiger partial charge in [-0.05, 0) is 24.9 Å². The summed E-state index contributed by atoms with van der Waals surface area (Å²) in [5.41, 5.74) is 1.30. The molecule has 2 amide bonds. The molecule has 0 aliphatic carbocycles. The van der Waals surface area contributed by atoms with Gasteiger partial charge in [-0.2, -0.15) is 0 Å². The van der Waals surface area contributed by atoms with E-state index in [-0.39, 0.29) is 11.8 Å². The van der Waals surface area contributed by atoms with Crippen molar-refractivity contribution in [1.29, 1.82) is 0 Å². The van der Waals surface area contributed by atoms with Crippen molar-refractivity contribution < 1.29 is 19.1 Å². The number of methoxy groups -OCH3 is 1. The number of hydrogen-bond donors (Lipinski definition) is 1. The molecule has 0 saturated carbocycles. The highest BCUT2D eigenvalue weighted by Gasteiger charge is 2.35. The van der Waals surface area contributed by atoms with Crippen LogP contribution in [-0.2, 0) is 27.3 Å². The molecule has 2 aliphatic heterocycles. The molecule has 0 spiro atoms. The first-order chi connectivity index (χ1) is 10.1. The van der Waals surface area contributed by atoms with Gasteiger partial charge in [0.05, 0.1) is 12.7 Å². The number of hydrogen-bond acceptors (Lipinski definition) is 6. The number of amides is 2. The summed E-state index contributed by atoms with van der Waals surface area (Å²) in [7, 11) is 1.32. The Hall–Kier alpha value is -1.73. The van der Waals surface area contributed by atoms with Gasteiger partial charge >= 0.3 is 5.97 Å². The highest BCUT2D eigenvalue weighted by Crippen LogP contribution is 2.39. The Morgan fingerprint density at radius 2 is 1.95 bits per heavy atom. The third-order valence-corrected chi connectivity index (χ3v) is 5.00. The van der Waals surface area contributed by atoms with E-state index in [1.807, 2.05) is 0 Å². The fraction of sp³-hybridized carbons (Fsp3) is 0.500. The number of thiophene rings is 1. The number of esters is 1. The molecule has 6 nitrogen and oxygen atoms in total. The third-order valence-electron chi connectivity index (χ3n) is 3.78. The van der Waals surface area contributed by atoms with Gasteiger partial charge < -0.3 is 10.1 Å². The minimum absolute atomic E-state index is 0.233. The van der Waals surface area contributed by atoms with Crippen LogP contribution >= 0.6 is 11.3 Å². The first-order valence-electron chi connectivity index (χ1n) is 6.93. The number of piperidine rings is 1. The molecule has 1 saturated heterocycles. The molecule has 1 aromatic heterocycles. The molecular formula is C14H16N2O4S. The number of fused-ring (bicyclic) bond motifs is 1. The summed E-state index contributed by atoms with van der Waals surface area (Å²) in [6.45, 7) is 1.43. The number of imide groups is 1. The van der Waals surface area contributed by atoms with Crippen molar-refractivity contribution in [1.82, 2.24) is 5.32 Å². The van der Waals surface area contributed by atoms with Gasteiger partial charge in [0.2, 0.25) is 11.8 Å². The van der Waals surface area contributed by atoms with Crippen LogP contribution in [0.25, 0.3) is 0 Å². The molecule has 0 unspecified atom stereocenters. The van der Waals surface area contributed by atoms with E-state index >= 15 is 0 Å². The molecule has 1 fully saturated rings. The summed E-state index contributed by atoms with van der Waals surface area (Å²) in [4.78, 5) is 38.6. The first kappa shape index (κ1) is 14.2. The summed E-state index contributed by atoms with van der Waals surface area (Å²) in [6, 6.07) is 0. The van der Waals surface area contributed by atoms with Crippen molar-refractivity contribution >= 4 is 34.1 Å². The topological polar surface area (TPSA) is 75.7 Å². The number of nitrogens with zero attached hydrogens (tertiary/aromatic N) is 1. The van der Waals surface area contributed by atoms with E-state index < -0.39 is 5.97 Å². The number of carbonyl (C=O) groups is 3. The monoisotopic (exact) mass is 308 g/mol. The lowest BCUT2D eigenvalue weighted by atomic mass is 10.0. The zero-order valence-electron chi connectivity index (χ0n) is 11.7. The van der Waals surface area contributed by atoms with E-state index in [0.717, 1.165) is 17.0 Å². The van der Waals surface area contributed by atoms with E-state index in [0.29, 0.717) is 42.8 Å². The lowest BCUT2D eigenvalue weighted by molar-refractivity contribution is -0.128. The molecule has 0 radical (unpaired) electrons. The number of ether oxygens (including phenoxy) is 1. The van der Waals surface area contributed by atoms with E-state index in [1.165, 1.54) is 23.3 Å². The predicted molar refractivity (Wildman–Crippen MR) is 77.4 cm³/mol. The Balaban J connectivity index is 2.12. The lowest BCUT2D eigenvalue weighted by Gasteiger charge is -2.24. The van der Waals surface area contributed by atoms with Crippen LogP contribution in [0.2, 0.25) is 0 Å². The maximum absolute atomic E-state index is 12.1. The minimum Gasteiger partial charge on any atom is -0.465 e. The fourth-order valence-electron chi connectivity index (χ4n) is 2.77. The van der Waals surface area contributed by atoms with Crippen LogP contribution in [0.3, 0.4) is 0 Å². The normalized spacial score (nSPS) is 18.6. The molecule has 21 heavy (non-hydrogen) atoms. The molecule has 112 valence electrons. The van der Waals surface area contributed by atoms with Crippen molar-refractivity contribution in [3.05, 3.63) is 16.0 Å². The number of anilines is 1. The van der Waals surface area contributed by atoms with Crippen LogP contribution in [0, 0.1) is 0 Å². The van der Waals surface area contributed by atoms with Crippen molar-refractivity contribution in [3.8, 4) is 0 Å². The Morgan fingerprint density at radius 1 is 1.24 bits per heavy atom. The van der Waals surface area contributed by atoms with Crippen molar-refractivity contribution in [2.24, 2.45) is 0 Å². The van der Waals surface area contributed by atoms with E-state index in [1.54, 1.807) is 0 Å². The zero-order chi connectivity index (χ0) is 15.0. The third kappa shape index (κ3) is 2.36. The summed E-state index contributed by atoms with van der Waals surface area (Å²) in [5, 5.41) is 3.67. The van der Waals surface area contributed by atoms with Crippen molar-refractivity contribution in [2.45, 2.75) is 32.2 Å². The fourth-order valence-corrected chi connectivity index (χ4v) is 4.11. The van der Waals surface area contributed by atoms with Crippen molar-refractivity contribution in [3.63, 3.8) is 0 Å². The van der Waals surface area contributed by atoms with Crippen LogP contribution in [0.15, 0.2) is 0 Å². The van der Waals surface area contributed by atoms with E-state index in [9.17, 15) is 14.4 Å². The van der Waals surface area contributed by atoms with Crippen LogP contribution < -0.4 is 10.2 Å². The van der Waals surface area contributed by atoms with Crippen molar-refractivity contribution in [2.75, 3.05) is 18.6 Å². The number of nitrogens with one attached hydrogen (secondary N) is 1. The molecule has 7 heteroatoms. The van der Waals surface area contributed by atoms with Crippen LogP contribution in [0.1, 0.15) is 40.1 Å². The molecular weight excluding hydrogens is 292 g/mol. The molecule has 2 aliphatic rings. The van der Waals surface area contributed by atoms with Gasteiger partial charge in [0.15, 0.2) is 0 Å². The molecule has 0 bridgehead atoms. The van der Waals surface area contributed by atoms with Gasteiger partial charge in [-0.1, -0.05) is 0 Å². The molecule has 3 heterocycles. The molecule has 1 N–H and O–H groups in total. The highest BCUT2D eigenvalue weighted by atomic mass is 32.1. The highest BCUT2D eigenvalue weighted by molar-refractivity contribution is 7.17. The molecule has 0 atom stereocenters. The maximum atomic E-state index is 12.1. The Kier molecular flexibility index (Phi) is 3.77. The van der Waals surface area contributed by atoms with Gasteiger partial charge in [0.25, 0.3) is 0 Å². The molecule has 3 rings (SSSR count). The van der Waals surface area contributed by atoms with Gasteiger partial charge in [0, 0.05) is 24.3 Å². The van der Waals surface area contributed by atoms with Gasteiger partial charge in [-0.15, -0.1) is 11.3 Å². The molecule has 1 aromatic rings. The van der Waals surface area contributed by atoms with Gasteiger partial charge in [-0.3, -0.25) is 9.59 Å². The lowest BCUT2D eigenvalue weighted by Crippen LogP contribution is -2.40. The predicted octanol–water partition coefficient (Wildman–Crippen LogP) is 1.22. The molecule has 0 aromatic carbocycles. The summed E-state index contributed by atoms with van der Waals surface area (Å²) in [6.07, 6.45) is 1.96. The van der Waals surface area contributed by atoms with Crippen LogP contribution in [-0.4, -0.2) is 31.4 Å². The average molecular weight is 308 g/mol. The van der Waals surface area contributed by atoms with Crippen LogP contribution in [0.5, 0.6) is 0 Å². The summed E-state index contributed by atoms with van der Waals surface area (Å²) in [5.74, 6) is -0.943. The number of carbonyl (C=O) groups excluding carboxylic acids is 3. The largest absolute Gasteiger partial charge is 0.465 e. The SMILES string of the molecule is COC(=O)c1c(N2C(=O)CCCC2=O)sc2c1CCNC2. The Morgan fingerprint density at radius 3 is 2.62 bits per heavy atom. The van der Waals surface area contributed by atoms with Gasteiger partial charge in [-0.25, -0.2) is 9.69 Å². The second kappa shape index (κ2) is 5.57. The second-order valence-electron chi connectivity index (χ2n) is 5.08. The van der Waals surface area contributed by atoms with E-state index in [2.05, 4.69) is 5.32 Å². The summed E-state index contributed by atoms with van der Waals surface area (Å²) < 4.78 is 4.86. The second-order valence-corrected chi connectivity index (χ2v) is 6.16. The van der Waals surface area contributed by atoms with Gasteiger partial charge in [0.1, 0.15) is 5.00 Å². The standard InChI is InChI=1S/C14H16N2O4S/c1-20-14(19)12-8-5-6-15-7-9(8)21-13(12)16-10(17)3-2-4-11(16)18/h15H,2-7H2,1H3. The maximum Gasteiger partial charge on any atom is 0.341 e. The number of rotatable bonds is 2. The quantitative estimate of drug-likeness (QED) is 0.657. The first-order valence-corrected chi connectivity index (χ1v) is 7.74. The van der Waals surface area contributed by atoms with E-state index in [4.69, 9.17) is 4.74 Å². The Labute approximate surface area is 126 Å². The summed E-state index contributed by atoms with van der Waals surface area (Å²) >= 11 is 1.34. The smallest absolute Gasteiger partial charge is 0.341 e. The Bertz CT molecular complexity index is 607. The minimum atomic E-state index is -0.476. The average Bonchev–Trinajstić information content (AvgIpc) is 2.85. The zero-order valence-corrected chi connectivity index (χ0v) is 12.5. The van der Waals surface area contributed by atoms with Crippen LogP contribution in [0.4, 0.5) is 5.00 Å².